The number of hydrogen-bond donors (Lipinski definition) is 2. The Kier molecular flexibility index (Phi) is 5.97. The highest BCUT2D eigenvalue weighted by molar-refractivity contribution is 5.85. The Morgan fingerprint density at radius 3 is 2.57 bits per heavy atom. The van der Waals surface area contributed by atoms with Crippen molar-refractivity contribution in [1.29, 1.82) is 0 Å². The lowest BCUT2D eigenvalue weighted by molar-refractivity contribution is -0.134. The Labute approximate surface area is 175 Å². The molecule has 1 fully saturated rings. The third-order valence-electron chi connectivity index (χ3n) is 5.52. The van der Waals surface area contributed by atoms with Gasteiger partial charge in [-0.15, -0.1) is 0 Å². The molecular formula is C23H26N4O3. The van der Waals surface area contributed by atoms with Crippen LogP contribution in [0.1, 0.15) is 37.1 Å². The summed E-state index contributed by atoms with van der Waals surface area (Å²) in [5.74, 6) is 1.20. The summed E-state index contributed by atoms with van der Waals surface area (Å²) in [5, 5.41) is 2.64. The quantitative estimate of drug-likeness (QED) is 0.678. The van der Waals surface area contributed by atoms with E-state index in [1.165, 1.54) is 0 Å². The number of aromatic amines is 1. The number of nitrogens with one attached hydrogen (secondary N) is 2. The highest BCUT2D eigenvalue weighted by Crippen LogP contribution is 2.27. The molecule has 2 aromatic carbocycles. The van der Waals surface area contributed by atoms with E-state index in [9.17, 15) is 9.59 Å². The van der Waals surface area contributed by atoms with E-state index >= 15 is 0 Å². The largest absolute Gasteiger partial charge is 0.445 e. The van der Waals surface area contributed by atoms with E-state index in [0.717, 1.165) is 35.3 Å². The molecule has 0 saturated carbocycles. The van der Waals surface area contributed by atoms with Gasteiger partial charge in [-0.3, -0.25) is 4.79 Å². The molecule has 0 unspecified atom stereocenters. The summed E-state index contributed by atoms with van der Waals surface area (Å²) >= 11 is 0. The van der Waals surface area contributed by atoms with Gasteiger partial charge in [-0.1, -0.05) is 42.5 Å². The minimum Gasteiger partial charge on any atom is -0.445 e. The molecule has 1 aliphatic heterocycles. The number of aromatic nitrogens is 2. The van der Waals surface area contributed by atoms with E-state index in [1.54, 1.807) is 11.8 Å². The average molecular weight is 406 g/mol. The van der Waals surface area contributed by atoms with Gasteiger partial charge in [-0.05, 0) is 37.5 Å². The molecule has 0 radical (unpaired) electrons. The van der Waals surface area contributed by atoms with Gasteiger partial charge in [0.1, 0.15) is 18.5 Å². The molecular weight excluding hydrogens is 380 g/mol. The molecule has 3 aromatic rings. The molecule has 1 aromatic heterocycles. The Morgan fingerprint density at radius 2 is 1.83 bits per heavy atom. The molecule has 4 rings (SSSR count). The molecule has 0 bridgehead atoms. The number of carbonyl (C=O) groups excluding carboxylic acids is 2. The first-order valence-electron chi connectivity index (χ1n) is 10.3. The summed E-state index contributed by atoms with van der Waals surface area (Å²) < 4.78 is 5.21. The van der Waals surface area contributed by atoms with Gasteiger partial charge in [-0.2, -0.15) is 0 Å². The number of likely N-dealkylation sites (tertiary alicyclic amines) is 1. The number of ether oxygens (including phenoxy) is 1. The second-order valence-corrected chi connectivity index (χ2v) is 7.67. The van der Waals surface area contributed by atoms with E-state index in [2.05, 4.69) is 10.3 Å². The maximum atomic E-state index is 12.7. The lowest BCUT2D eigenvalue weighted by atomic mass is 9.96. The topological polar surface area (TPSA) is 87.3 Å². The van der Waals surface area contributed by atoms with E-state index < -0.39 is 12.1 Å². The van der Waals surface area contributed by atoms with Gasteiger partial charge in [0.25, 0.3) is 0 Å². The number of carbonyl (C=O) groups is 2. The van der Waals surface area contributed by atoms with E-state index in [4.69, 9.17) is 9.72 Å². The number of fused-ring (bicyclic) bond motifs is 1. The van der Waals surface area contributed by atoms with Crippen molar-refractivity contribution in [2.24, 2.45) is 0 Å². The standard InChI is InChI=1S/C23H26N4O3/c1-16(24-23(29)30-15-17-7-3-2-4-8-17)22(28)27-13-11-18(12-14-27)21-25-19-9-5-6-10-20(19)26-21/h2-10,16,18H,11-15H2,1H3,(H,24,29)(H,25,26)/t16-/m1/s1. The van der Waals surface area contributed by atoms with Crippen LogP contribution in [0.15, 0.2) is 54.6 Å². The van der Waals surface area contributed by atoms with Crippen LogP contribution in [0.5, 0.6) is 0 Å². The van der Waals surface area contributed by atoms with Crippen molar-refractivity contribution in [1.82, 2.24) is 20.2 Å². The summed E-state index contributed by atoms with van der Waals surface area (Å²) in [4.78, 5) is 34.6. The molecule has 0 aliphatic carbocycles. The first-order chi connectivity index (χ1) is 14.6. The maximum Gasteiger partial charge on any atom is 0.408 e. The van der Waals surface area contributed by atoms with Crippen molar-refractivity contribution in [3.8, 4) is 0 Å². The van der Waals surface area contributed by atoms with Crippen molar-refractivity contribution in [2.45, 2.75) is 38.3 Å². The van der Waals surface area contributed by atoms with Gasteiger partial charge in [0, 0.05) is 19.0 Å². The molecule has 30 heavy (non-hydrogen) atoms. The normalized spacial score (nSPS) is 15.7. The molecule has 2 N–H and O–H groups in total. The van der Waals surface area contributed by atoms with E-state index in [0.29, 0.717) is 19.0 Å². The van der Waals surface area contributed by atoms with Crippen molar-refractivity contribution in [3.05, 3.63) is 66.0 Å². The SMILES string of the molecule is C[C@@H](NC(=O)OCc1ccccc1)C(=O)N1CCC(c2nc3ccccc3[nH]2)CC1. The van der Waals surface area contributed by atoms with Gasteiger partial charge in [0.2, 0.25) is 5.91 Å². The Balaban J connectivity index is 1.25. The highest BCUT2D eigenvalue weighted by atomic mass is 16.5. The van der Waals surface area contributed by atoms with Crippen LogP contribution in [0.25, 0.3) is 11.0 Å². The molecule has 1 aliphatic rings. The number of rotatable bonds is 5. The van der Waals surface area contributed by atoms with Crippen molar-refractivity contribution < 1.29 is 14.3 Å². The van der Waals surface area contributed by atoms with Crippen LogP contribution in [-0.4, -0.2) is 46.0 Å². The smallest absolute Gasteiger partial charge is 0.408 e. The number of H-pyrrole nitrogens is 1. The Bertz CT molecular complexity index is 976. The summed E-state index contributed by atoms with van der Waals surface area (Å²) in [6.45, 7) is 3.16. The van der Waals surface area contributed by atoms with Gasteiger partial charge < -0.3 is 19.9 Å². The molecule has 156 valence electrons. The van der Waals surface area contributed by atoms with Gasteiger partial charge in [0.15, 0.2) is 0 Å². The molecule has 7 heteroatoms. The summed E-state index contributed by atoms with van der Waals surface area (Å²) in [6.07, 6.45) is 1.10. The molecule has 2 amide bonds. The number of nitrogens with zero attached hydrogens (tertiary/aromatic N) is 2. The van der Waals surface area contributed by atoms with Gasteiger partial charge >= 0.3 is 6.09 Å². The van der Waals surface area contributed by atoms with Crippen LogP contribution in [0, 0.1) is 0 Å². The average Bonchev–Trinajstić information content (AvgIpc) is 3.22. The predicted molar refractivity (Wildman–Crippen MR) is 114 cm³/mol. The fraction of sp³-hybridized carbons (Fsp3) is 0.348. The minimum absolute atomic E-state index is 0.0882. The van der Waals surface area contributed by atoms with Crippen molar-refractivity contribution >= 4 is 23.0 Å². The maximum absolute atomic E-state index is 12.7. The fourth-order valence-electron chi connectivity index (χ4n) is 3.82. The fourth-order valence-corrected chi connectivity index (χ4v) is 3.82. The minimum atomic E-state index is -0.629. The lowest BCUT2D eigenvalue weighted by Gasteiger charge is -2.32. The number of piperidine rings is 1. The monoisotopic (exact) mass is 406 g/mol. The highest BCUT2D eigenvalue weighted by Gasteiger charge is 2.29. The van der Waals surface area contributed by atoms with Crippen LogP contribution < -0.4 is 5.32 Å². The van der Waals surface area contributed by atoms with E-state index in [1.807, 2.05) is 54.6 Å². The predicted octanol–water partition coefficient (Wildman–Crippen LogP) is 3.58. The number of amides is 2. The van der Waals surface area contributed by atoms with Crippen LogP contribution >= 0.6 is 0 Å². The molecule has 1 atom stereocenters. The number of hydrogen-bond acceptors (Lipinski definition) is 4. The van der Waals surface area contributed by atoms with Gasteiger partial charge in [0.05, 0.1) is 11.0 Å². The zero-order valence-corrected chi connectivity index (χ0v) is 17.0. The number of benzene rings is 2. The van der Waals surface area contributed by atoms with Crippen LogP contribution in [0.2, 0.25) is 0 Å². The number of para-hydroxylation sites is 2. The lowest BCUT2D eigenvalue weighted by Crippen LogP contribution is -2.49. The van der Waals surface area contributed by atoms with E-state index in [-0.39, 0.29) is 12.5 Å². The molecule has 0 spiro atoms. The van der Waals surface area contributed by atoms with Crippen LogP contribution in [0.4, 0.5) is 4.79 Å². The molecule has 1 saturated heterocycles. The number of imidazole rings is 1. The zero-order valence-electron chi connectivity index (χ0n) is 17.0. The van der Waals surface area contributed by atoms with Crippen LogP contribution in [0.3, 0.4) is 0 Å². The second-order valence-electron chi connectivity index (χ2n) is 7.67. The molecule has 7 nitrogen and oxygen atoms in total. The van der Waals surface area contributed by atoms with Crippen molar-refractivity contribution in [2.75, 3.05) is 13.1 Å². The Hall–Kier alpha value is -3.35. The first kappa shape index (κ1) is 19.9. The third-order valence-corrected chi connectivity index (χ3v) is 5.52. The zero-order chi connectivity index (χ0) is 20.9. The van der Waals surface area contributed by atoms with Crippen molar-refractivity contribution in [3.63, 3.8) is 0 Å². The van der Waals surface area contributed by atoms with Crippen LogP contribution in [-0.2, 0) is 16.1 Å². The summed E-state index contributed by atoms with van der Waals surface area (Å²) in [5.41, 5.74) is 2.91. The summed E-state index contributed by atoms with van der Waals surface area (Å²) in [7, 11) is 0. The third kappa shape index (κ3) is 4.62. The first-order valence-corrected chi connectivity index (χ1v) is 10.3. The molecule has 2 heterocycles. The van der Waals surface area contributed by atoms with Gasteiger partial charge in [-0.25, -0.2) is 9.78 Å². The second kappa shape index (κ2) is 8.98. The summed E-state index contributed by atoms with van der Waals surface area (Å²) in [6, 6.07) is 16.8. The Morgan fingerprint density at radius 1 is 1.13 bits per heavy atom. The number of alkyl carbamates (subject to hydrolysis) is 1.